The number of amides is 4. The first-order valence-corrected chi connectivity index (χ1v) is 21.3. The number of carbonyl (C=O) groups is 6. The molecular weight excluding hydrogens is 720 g/mol. The summed E-state index contributed by atoms with van der Waals surface area (Å²) in [7, 11) is -3.65. The molecule has 5 aliphatic heterocycles. The maximum Gasteiger partial charge on any atom is 0.304 e. The zero-order valence-electron chi connectivity index (χ0n) is 31.0. The van der Waals surface area contributed by atoms with Gasteiger partial charge in [-0.15, -0.1) is 0 Å². The molecule has 0 radical (unpaired) electrons. The Kier molecular flexibility index (Phi) is 9.67. The molecule has 2 aromatic rings. The van der Waals surface area contributed by atoms with E-state index in [4.69, 9.17) is 14.2 Å². The van der Waals surface area contributed by atoms with Gasteiger partial charge in [0.1, 0.15) is 0 Å². The van der Waals surface area contributed by atoms with E-state index in [-0.39, 0.29) is 56.2 Å². The Hall–Kier alpha value is -4.67. The molecule has 54 heavy (non-hydrogen) atoms. The average molecular weight is 765 g/mol. The molecule has 5 heterocycles. The van der Waals surface area contributed by atoms with Gasteiger partial charge in [0.15, 0.2) is 18.1 Å². The Morgan fingerprint density at radius 1 is 0.963 bits per heavy atom. The van der Waals surface area contributed by atoms with Crippen molar-refractivity contribution in [3.63, 3.8) is 0 Å². The summed E-state index contributed by atoms with van der Waals surface area (Å²) in [4.78, 5) is 83.7. The summed E-state index contributed by atoms with van der Waals surface area (Å²) >= 11 is 0. The van der Waals surface area contributed by atoms with Crippen molar-refractivity contribution in [1.29, 1.82) is 0 Å². The molecule has 5 aliphatic rings. The number of nitrogens with zero attached hydrogens (tertiary/aromatic N) is 4. The number of halogens is 1. The SMILES string of the molecule is CC(=O)OC1CC(=O)N1c1cccc(CN2C(=O)[C@]3(O[C@H](CC(=O)N4CCC[C@H]4CO)[C@@H]([Si](C)(C)F)[C@@H]3C)c3cc(N4C(=O)CC4OC(C)=O)ccc32)c1. The van der Waals surface area contributed by atoms with Crippen molar-refractivity contribution < 1.29 is 52.2 Å². The van der Waals surface area contributed by atoms with Crippen molar-refractivity contribution in [3.05, 3.63) is 53.6 Å². The van der Waals surface area contributed by atoms with Gasteiger partial charge in [0.25, 0.3) is 5.91 Å². The van der Waals surface area contributed by atoms with Gasteiger partial charge in [-0.25, -0.2) is 0 Å². The van der Waals surface area contributed by atoms with Crippen LogP contribution in [0.5, 0.6) is 0 Å². The van der Waals surface area contributed by atoms with Crippen molar-refractivity contribution in [2.24, 2.45) is 5.92 Å². The van der Waals surface area contributed by atoms with Crippen molar-refractivity contribution in [2.75, 3.05) is 27.9 Å². The van der Waals surface area contributed by atoms with Crippen LogP contribution in [0, 0.1) is 5.92 Å². The van der Waals surface area contributed by atoms with Crippen molar-refractivity contribution in [2.45, 2.75) is 108 Å². The van der Waals surface area contributed by atoms with Gasteiger partial charge in [-0.3, -0.25) is 38.6 Å². The smallest absolute Gasteiger partial charge is 0.304 e. The summed E-state index contributed by atoms with van der Waals surface area (Å²) < 4.78 is 34.0. The van der Waals surface area contributed by atoms with Gasteiger partial charge in [-0.2, -0.15) is 0 Å². The van der Waals surface area contributed by atoms with E-state index in [1.54, 1.807) is 67.4 Å². The number of hydrogen-bond donors (Lipinski definition) is 1. The van der Waals surface area contributed by atoms with E-state index >= 15 is 8.90 Å². The summed E-state index contributed by atoms with van der Waals surface area (Å²) in [5.74, 6) is -3.08. The molecule has 16 heteroatoms. The van der Waals surface area contributed by atoms with Crippen LogP contribution in [0.2, 0.25) is 18.6 Å². The van der Waals surface area contributed by atoms with Crippen LogP contribution in [0.1, 0.15) is 64.0 Å². The third-order valence-corrected chi connectivity index (χ3v) is 13.9. The van der Waals surface area contributed by atoms with Crippen molar-refractivity contribution in [3.8, 4) is 0 Å². The van der Waals surface area contributed by atoms with Gasteiger partial charge >= 0.3 is 11.9 Å². The summed E-state index contributed by atoms with van der Waals surface area (Å²) in [6, 6.07) is 11.6. The number of fused-ring (bicyclic) bond motifs is 2. The van der Waals surface area contributed by atoms with Gasteiger partial charge < -0.3 is 33.2 Å². The molecule has 4 saturated heterocycles. The molecule has 0 aromatic heterocycles. The van der Waals surface area contributed by atoms with E-state index in [0.29, 0.717) is 41.2 Å². The first kappa shape index (κ1) is 37.6. The molecule has 1 spiro atoms. The summed E-state index contributed by atoms with van der Waals surface area (Å²) in [6.45, 7) is 7.69. The van der Waals surface area contributed by atoms with E-state index in [0.717, 1.165) is 6.42 Å². The van der Waals surface area contributed by atoms with Crippen LogP contribution in [0.3, 0.4) is 0 Å². The fourth-order valence-corrected chi connectivity index (χ4v) is 11.6. The quantitative estimate of drug-likeness (QED) is 0.164. The number of β-lactam (4-membered cyclic amide) rings is 2. The lowest BCUT2D eigenvalue weighted by molar-refractivity contribution is -0.155. The van der Waals surface area contributed by atoms with Crippen LogP contribution in [0.15, 0.2) is 42.5 Å². The summed E-state index contributed by atoms with van der Waals surface area (Å²) in [5, 5.41) is 9.91. The van der Waals surface area contributed by atoms with E-state index in [9.17, 15) is 29.1 Å². The Balaban J connectivity index is 1.28. The van der Waals surface area contributed by atoms with Crippen LogP contribution in [-0.2, 0) is 55.1 Å². The number of esters is 2. The standard InChI is InChI=1S/C38H45FN4O10Si/c1-21-36(54(4,5)39)30(16-31(47)40-13-7-10-27(40)20-44)53-38(21)28-15-26(43-33(49)18-35(43)52-23(3)46)11-12-29(28)41(37(38)50)19-24-8-6-9-25(14-24)42-32(48)17-34(42)51-22(2)45/h6,8-9,11-12,14-15,21,27,30,34-36,44H,7,10,13,16-20H2,1-5H3/t21-,27-,30+,34?,35?,36-,38+/m0/s1. The molecular formula is C38H45FN4O10Si. The van der Waals surface area contributed by atoms with Gasteiger partial charge in [0.05, 0.1) is 50.2 Å². The highest BCUT2D eigenvalue weighted by Gasteiger charge is 2.67. The van der Waals surface area contributed by atoms with Gasteiger partial charge in [-0.1, -0.05) is 19.1 Å². The second kappa shape index (κ2) is 13.9. The van der Waals surface area contributed by atoms with Crippen molar-refractivity contribution in [1.82, 2.24) is 4.90 Å². The third-order valence-electron chi connectivity index (χ3n) is 11.5. The zero-order valence-corrected chi connectivity index (χ0v) is 32.0. The lowest BCUT2D eigenvalue weighted by Gasteiger charge is -2.39. The van der Waals surface area contributed by atoms with Crippen LogP contribution < -0.4 is 14.7 Å². The summed E-state index contributed by atoms with van der Waals surface area (Å²) in [6.07, 6.45) is -1.28. The molecule has 0 bridgehead atoms. The molecule has 2 aromatic carbocycles. The molecule has 0 saturated carbocycles. The Morgan fingerprint density at radius 3 is 2.17 bits per heavy atom. The van der Waals surface area contributed by atoms with E-state index in [2.05, 4.69) is 0 Å². The Bertz CT molecular complexity index is 1920. The fraction of sp³-hybridized carbons (Fsp3) is 0.526. The topological polar surface area (TPSA) is 163 Å². The normalized spacial score (nSPS) is 29.1. The molecule has 288 valence electrons. The van der Waals surface area contributed by atoms with Crippen LogP contribution in [0.25, 0.3) is 0 Å². The lowest BCUT2D eigenvalue weighted by atomic mass is 9.82. The minimum Gasteiger partial charge on any atom is -0.441 e. The molecule has 4 amide bonds. The predicted molar refractivity (Wildman–Crippen MR) is 194 cm³/mol. The van der Waals surface area contributed by atoms with Crippen molar-refractivity contribution >= 4 is 61.0 Å². The molecule has 0 aliphatic carbocycles. The minimum absolute atomic E-state index is 0.00677. The van der Waals surface area contributed by atoms with Crippen LogP contribution in [0.4, 0.5) is 21.2 Å². The molecule has 7 rings (SSSR count). The number of benzene rings is 2. The molecule has 1 N–H and O–H groups in total. The number of ether oxygens (including phenoxy) is 3. The Labute approximate surface area is 313 Å². The van der Waals surface area contributed by atoms with Gasteiger partial charge in [-0.05, 0) is 61.8 Å². The first-order valence-electron chi connectivity index (χ1n) is 18.4. The van der Waals surface area contributed by atoms with E-state index < -0.39 is 61.9 Å². The number of anilines is 3. The second-order valence-corrected chi connectivity index (χ2v) is 19.2. The number of carbonyl (C=O) groups excluding carboxylic acids is 6. The monoisotopic (exact) mass is 764 g/mol. The lowest BCUT2D eigenvalue weighted by Crippen LogP contribution is -2.55. The highest BCUT2D eigenvalue weighted by molar-refractivity contribution is 6.72. The third kappa shape index (κ3) is 6.27. The number of aliphatic hydroxyl groups is 1. The highest BCUT2D eigenvalue weighted by Crippen LogP contribution is 2.61. The largest absolute Gasteiger partial charge is 0.441 e. The van der Waals surface area contributed by atoms with Gasteiger partial charge in [0.2, 0.25) is 26.1 Å². The first-order chi connectivity index (χ1) is 25.5. The molecule has 14 nitrogen and oxygen atoms in total. The fourth-order valence-electron chi connectivity index (χ4n) is 9.14. The van der Waals surface area contributed by atoms with E-state index in [1.165, 1.54) is 28.5 Å². The van der Waals surface area contributed by atoms with E-state index in [1.807, 2.05) is 0 Å². The highest BCUT2D eigenvalue weighted by atomic mass is 28.4. The number of hydrogen-bond acceptors (Lipinski definition) is 10. The maximum atomic E-state index is 16.5. The Morgan fingerprint density at radius 2 is 1.59 bits per heavy atom. The number of aliphatic hydroxyl groups excluding tert-OH is 1. The zero-order chi connectivity index (χ0) is 38.9. The predicted octanol–water partition coefficient (Wildman–Crippen LogP) is 3.63. The molecule has 2 unspecified atom stereocenters. The number of likely N-dealkylation sites (tertiary alicyclic amines) is 1. The second-order valence-electron chi connectivity index (χ2n) is 15.4. The molecule has 7 atom stereocenters. The minimum atomic E-state index is -3.65. The van der Waals surface area contributed by atoms with Crippen LogP contribution in [-0.4, -0.2) is 91.7 Å². The number of rotatable bonds is 10. The van der Waals surface area contributed by atoms with Crippen LogP contribution >= 0.6 is 0 Å². The maximum absolute atomic E-state index is 16.5. The summed E-state index contributed by atoms with van der Waals surface area (Å²) in [5.41, 5.74) is -0.177. The average Bonchev–Trinajstić information content (AvgIpc) is 3.74. The molecule has 4 fully saturated rings. The van der Waals surface area contributed by atoms with Gasteiger partial charge in [0, 0.05) is 48.8 Å².